The van der Waals surface area contributed by atoms with Crippen LogP contribution in [-0.2, 0) is 9.59 Å². The van der Waals surface area contributed by atoms with Crippen molar-refractivity contribution in [2.24, 2.45) is 5.92 Å². The maximum absolute atomic E-state index is 11.8. The molecule has 0 saturated carbocycles. The second-order valence-corrected chi connectivity index (χ2v) is 5.51. The number of methoxy groups -OCH3 is 1. The summed E-state index contributed by atoms with van der Waals surface area (Å²) in [4.78, 5) is 22.9. The van der Waals surface area contributed by atoms with Crippen molar-refractivity contribution in [3.63, 3.8) is 0 Å². The largest absolute Gasteiger partial charge is 0.496 e. The van der Waals surface area contributed by atoms with Crippen molar-refractivity contribution in [3.05, 3.63) is 23.8 Å². The van der Waals surface area contributed by atoms with Gasteiger partial charge in [-0.2, -0.15) is 0 Å². The third-order valence-corrected chi connectivity index (χ3v) is 3.08. The van der Waals surface area contributed by atoms with Gasteiger partial charge in [0.25, 0.3) is 5.91 Å². The summed E-state index contributed by atoms with van der Waals surface area (Å²) in [5.41, 5.74) is 0.892. The van der Waals surface area contributed by atoms with Gasteiger partial charge in [0.2, 0.25) is 0 Å². The molecule has 0 aliphatic heterocycles. The molecule has 0 aliphatic rings. The lowest BCUT2D eigenvalue weighted by molar-refractivity contribution is -0.142. The van der Waals surface area contributed by atoms with Crippen LogP contribution in [0, 0.1) is 12.8 Å². The van der Waals surface area contributed by atoms with Crippen LogP contribution in [0.25, 0.3) is 0 Å². The SMILES string of the molecule is COc1ccc(OCC(=O)N[C@@H](CC(C)C)C(=O)O)cc1C. The van der Waals surface area contributed by atoms with E-state index in [9.17, 15) is 9.59 Å². The van der Waals surface area contributed by atoms with Crippen molar-refractivity contribution in [3.8, 4) is 11.5 Å². The second kappa shape index (κ2) is 8.26. The van der Waals surface area contributed by atoms with Gasteiger partial charge in [0.05, 0.1) is 7.11 Å². The van der Waals surface area contributed by atoms with E-state index < -0.39 is 17.9 Å². The summed E-state index contributed by atoms with van der Waals surface area (Å²) in [5.74, 6) is -0.0562. The van der Waals surface area contributed by atoms with E-state index in [0.717, 1.165) is 11.3 Å². The molecule has 0 aromatic heterocycles. The standard InChI is InChI=1S/C16H23NO5/c1-10(2)7-13(16(19)20)17-15(18)9-22-12-5-6-14(21-4)11(3)8-12/h5-6,8,10,13H,7,9H2,1-4H3,(H,17,18)(H,19,20)/t13-/m0/s1. The monoisotopic (exact) mass is 309 g/mol. The van der Waals surface area contributed by atoms with Crippen LogP contribution in [0.5, 0.6) is 11.5 Å². The Kier molecular flexibility index (Phi) is 6.69. The zero-order chi connectivity index (χ0) is 16.7. The minimum atomic E-state index is -1.04. The van der Waals surface area contributed by atoms with Crippen LogP contribution in [0.15, 0.2) is 18.2 Å². The van der Waals surface area contributed by atoms with Gasteiger partial charge in [-0.25, -0.2) is 4.79 Å². The summed E-state index contributed by atoms with van der Waals surface area (Å²) in [5, 5.41) is 11.5. The number of carboxylic acids is 1. The zero-order valence-corrected chi connectivity index (χ0v) is 13.4. The van der Waals surface area contributed by atoms with Crippen molar-refractivity contribution in [2.45, 2.75) is 33.2 Å². The number of amides is 1. The minimum absolute atomic E-state index is 0.173. The van der Waals surface area contributed by atoms with Gasteiger partial charge >= 0.3 is 5.97 Å². The summed E-state index contributed by atoms with van der Waals surface area (Å²) in [7, 11) is 1.58. The summed E-state index contributed by atoms with van der Waals surface area (Å²) in [6.07, 6.45) is 0.378. The average molecular weight is 309 g/mol. The molecule has 2 N–H and O–H groups in total. The third kappa shape index (κ3) is 5.63. The Morgan fingerprint density at radius 2 is 2.00 bits per heavy atom. The van der Waals surface area contributed by atoms with Crippen LogP contribution >= 0.6 is 0 Å². The molecule has 122 valence electrons. The van der Waals surface area contributed by atoms with Gasteiger partial charge in [-0.3, -0.25) is 4.79 Å². The molecule has 0 aliphatic carbocycles. The van der Waals surface area contributed by atoms with Crippen LogP contribution in [0.1, 0.15) is 25.8 Å². The highest BCUT2D eigenvalue weighted by Gasteiger charge is 2.21. The van der Waals surface area contributed by atoms with Crippen LogP contribution in [-0.4, -0.2) is 36.7 Å². The lowest BCUT2D eigenvalue weighted by Gasteiger charge is -2.16. The predicted molar refractivity (Wildman–Crippen MR) is 82.2 cm³/mol. The van der Waals surface area contributed by atoms with Gasteiger partial charge in [-0.05, 0) is 43.0 Å². The topological polar surface area (TPSA) is 84.9 Å². The maximum atomic E-state index is 11.8. The van der Waals surface area contributed by atoms with E-state index in [0.29, 0.717) is 12.2 Å². The van der Waals surface area contributed by atoms with Gasteiger partial charge in [-0.1, -0.05) is 13.8 Å². The number of benzene rings is 1. The molecule has 0 bridgehead atoms. The number of rotatable bonds is 8. The molecule has 1 atom stereocenters. The molecule has 0 spiro atoms. The average Bonchev–Trinajstić information content (AvgIpc) is 2.44. The van der Waals surface area contributed by atoms with E-state index in [-0.39, 0.29) is 12.5 Å². The number of hydrogen-bond acceptors (Lipinski definition) is 4. The number of aliphatic carboxylic acids is 1. The smallest absolute Gasteiger partial charge is 0.326 e. The highest BCUT2D eigenvalue weighted by molar-refractivity contribution is 5.84. The maximum Gasteiger partial charge on any atom is 0.326 e. The number of hydrogen-bond donors (Lipinski definition) is 2. The highest BCUT2D eigenvalue weighted by Crippen LogP contribution is 2.22. The van der Waals surface area contributed by atoms with E-state index in [2.05, 4.69) is 5.32 Å². The number of carbonyl (C=O) groups is 2. The normalized spacial score (nSPS) is 11.9. The Labute approximate surface area is 130 Å². The Morgan fingerprint density at radius 3 is 2.50 bits per heavy atom. The van der Waals surface area contributed by atoms with Gasteiger partial charge in [-0.15, -0.1) is 0 Å². The van der Waals surface area contributed by atoms with Crippen LogP contribution < -0.4 is 14.8 Å². The summed E-state index contributed by atoms with van der Waals surface area (Å²) < 4.78 is 10.5. The Balaban J connectivity index is 2.54. The first-order chi connectivity index (χ1) is 10.3. The van der Waals surface area contributed by atoms with Gasteiger partial charge < -0.3 is 19.9 Å². The minimum Gasteiger partial charge on any atom is -0.496 e. The van der Waals surface area contributed by atoms with Crippen LogP contribution in [0.3, 0.4) is 0 Å². The molecular formula is C16H23NO5. The first-order valence-electron chi connectivity index (χ1n) is 7.13. The fraction of sp³-hybridized carbons (Fsp3) is 0.500. The van der Waals surface area contributed by atoms with E-state index in [1.807, 2.05) is 20.8 Å². The van der Waals surface area contributed by atoms with Gasteiger partial charge in [0, 0.05) is 0 Å². The van der Waals surface area contributed by atoms with Crippen molar-refractivity contribution in [1.29, 1.82) is 0 Å². The first-order valence-corrected chi connectivity index (χ1v) is 7.13. The summed E-state index contributed by atoms with van der Waals surface area (Å²) in [6, 6.07) is 4.31. The Hall–Kier alpha value is -2.24. The van der Waals surface area contributed by atoms with Crippen molar-refractivity contribution < 1.29 is 24.2 Å². The molecule has 22 heavy (non-hydrogen) atoms. The molecule has 6 nitrogen and oxygen atoms in total. The van der Waals surface area contributed by atoms with E-state index in [1.54, 1.807) is 25.3 Å². The molecular weight excluding hydrogens is 286 g/mol. The molecule has 1 aromatic rings. The van der Waals surface area contributed by atoms with E-state index in [1.165, 1.54) is 0 Å². The number of carboxylic acid groups (broad SMARTS) is 1. The Morgan fingerprint density at radius 1 is 1.32 bits per heavy atom. The van der Waals surface area contributed by atoms with Crippen molar-refractivity contribution in [2.75, 3.05) is 13.7 Å². The second-order valence-electron chi connectivity index (χ2n) is 5.51. The lowest BCUT2D eigenvalue weighted by Crippen LogP contribution is -2.43. The zero-order valence-electron chi connectivity index (χ0n) is 13.4. The number of ether oxygens (including phenoxy) is 2. The van der Waals surface area contributed by atoms with Gasteiger partial charge in [0.15, 0.2) is 6.61 Å². The third-order valence-electron chi connectivity index (χ3n) is 3.08. The molecule has 0 saturated heterocycles. The number of nitrogens with one attached hydrogen (secondary N) is 1. The lowest BCUT2D eigenvalue weighted by atomic mass is 10.0. The van der Waals surface area contributed by atoms with Crippen LogP contribution in [0.4, 0.5) is 0 Å². The Bertz CT molecular complexity index is 527. The molecule has 1 rings (SSSR count). The highest BCUT2D eigenvalue weighted by atomic mass is 16.5. The summed E-state index contributed by atoms with van der Waals surface area (Å²) in [6.45, 7) is 5.44. The van der Waals surface area contributed by atoms with E-state index >= 15 is 0 Å². The summed E-state index contributed by atoms with van der Waals surface area (Å²) >= 11 is 0. The van der Waals surface area contributed by atoms with Crippen LogP contribution in [0.2, 0.25) is 0 Å². The van der Waals surface area contributed by atoms with E-state index in [4.69, 9.17) is 14.6 Å². The first kappa shape index (κ1) is 17.8. The molecule has 6 heteroatoms. The van der Waals surface area contributed by atoms with Crippen molar-refractivity contribution >= 4 is 11.9 Å². The fourth-order valence-electron chi connectivity index (χ4n) is 2.02. The molecule has 0 unspecified atom stereocenters. The van der Waals surface area contributed by atoms with Gasteiger partial charge in [0.1, 0.15) is 17.5 Å². The van der Waals surface area contributed by atoms with Crippen molar-refractivity contribution in [1.82, 2.24) is 5.32 Å². The number of aryl methyl sites for hydroxylation is 1. The molecule has 0 heterocycles. The molecule has 1 aromatic carbocycles. The predicted octanol–water partition coefficient (Wildman–Crippen LogP) is 2.00. The molecule has 1 amide bonds. The quantitative estimate of drug-likeness (QED) is 0.767. The fourth-order valence-corrected chi connectivity index (χ4v) is 2.02. The molecule has 0 fully saturated rings. The number of carbonyl (C=O) groups excluding carboxylic acids is 1. The molecule has 0 radical (unpaired) electrons.